The predicted molar refractivity (Wildman–Crippen MR) is 87.3 cm³/mol. The first-order chi connectivity index (χ1) is 10.7. The van der Waals surface area contributed by atoms with Crippen LogP contribution in [0.15, 0.2) is 61.1 Å². The fraction of sp³-hybridized carbons (Fsp3) is 0.167. The molecule has 3 aromatic rings. The van der Waals surface area contributed by atoms with Gasteiger partial charge in [0.2, 0.25) is 0 Å². The summed E-state index contributed by atoms with van der Waals surface area (Å²) in [4.78, 5) is 4.21. The van der Waals surface area contributed by atoms with Crippen molar-refractivity contribution in [1.82, 2.24) is 9.55 Å². The number of aromatic nitrogens is 2. The van der Waals surface area contributed by atoms with Crippen LogP contribution < -0.4 is 5.32 Å². The number of aryl methyl sites for hydroxylation is 1. The van der Waals surface area contributed by atoms with Gasteiger partial charge >= 0.3 is 0 Å². The average molecular weight is 295 g/mol. The number of nitrogens with zero attached hydrogens (tertiary/aromatic N) is 2. The molecule has 2 aromatic carbocycles. The minimum atomic E-state index is -0.221. The van der Waals surface area contributed by atoms with Gasteiger partial charge in [-0.3, -0.25) is 0 Å². The quantitative estimate of drug-likeness (QED) is 0.767. The molecule has 0 fully saturated rings. The maximum atomic E-state index is 13.4. The van der Waals surface area contributed by atoms with E-state index >= 15 is 0 Å². The summed E-state index contributed by atoms with van der Waals surface area (Å²) in [5.41, 5.74) is 3.90. The largest absolute Gasteiger partial charge is 0.383 e. The number of benzene rings is 2. The zero-order valence-electron chi connectivity index (χ0n) is 12.5. The van der Waals surface area contributed by atoms with Gasteiger partial charge in [0, 0.05) is 30.5 Å². The van der Waals surface area contributed by atoms with E-state index in [2.05, 4.69) is 10.3 Å². The SMILES string of the molecule is Cc1cn(CCNc2ccccc2-c2cccc(F)c2)cn1. The molecule has 4 heteroatoms. The Labute approximate surface area is 129 Å². The molecule has 1 N–H and O–H groups in total. The van der Waals surface area contributed by atoms with Crippen molar-refractivity contribution in [2.75, 3.05) is 11.9 Å². The van der Waals surface area contributed by atoms with Crippen molar-refractivity contribution < 1.29 is 4.39 Å². The number of para-hydroxylation sites is 1. The lowest BCUT2D eigenvalue weighted by molar-refractivity contribution is 0.628. The molecule has 22 heavy (non-hydrogen) atoms. The standard InChI is InChI=1S/C18H18FN3/c1-14-12-22(13-21-14)10-9-20-18-8-3-2-7-17(18)15-5-4-6-16(19)11-15/h2-8,11-13,20H,9-10H2,1H3. The highest BCUT2D eigenvalue weighted by Gasteiger charge is 2.05. The maximum Gasteiger partial charge on any atom is 0.123 e. The summed E-state index contributed by atoms with van der Waals surface area (Å²) in [6.45, 7) is 3.59. The van der Waals surface area contributed by atoms with E-state index < -0.39 is 0 Å². The number of anilines is 1. The van der Waals surface area contributed by atoms with Crippen molar-refractivity contribution >= 4 is 5.69 Å². The van der Waals surface area contributed by atoms with Crippen LogP contribution in [0.4, 0.5) is 10.1 Å². The molecule has 0 aliphatic heterocycles. The lowest BCUT2D eigenvalue weighted by Gasteiger charge is -2.12. The molecular weight excluding hydrogens is 277 g/mol. The fourth-order valence-electron chi connectivity index (χ4n) is 2.46. The third-order valence-corrected chi connectivity index (χ3v) is 3.51. The summed E-state index contributed by atoms with van der Waals surface area (Å²) in [6, 6.07) is 14.6. The summed E-state index contributed by atoms with van der Waals surface area (Å²) >= 11 is 0. The van der Waals surface area contributed by atoms with Crippen LogP contribution in [-0.4, -0.2) is 16.1 Å². The zero-order valence-corrected chi connectivity index (χ0v) is 12.5. The monoisotopic (exact) mass is 295 g/mol. The van der Waals surface area contributed by atoms with Crippen molar-refractivity contribution in [3.05, 3.63) is 72.6 Å². The van der Waals surface area contributed by atoms with E-state index in [1.807, 2.05) is 54.3 Å². The maximum absolute atomic E-state index is 13.4. The number of imidazole rings is 1. The Morgan fingerprint density at radius 3 is 2.77 bits per heavy atom. The molecule has 0 atom stereocenters. The molecule has 0 aliphatic rings. The molecule has 1 aromatic heterocycles. The Hall–Kier alpha value is -2.62. The van der Waals surface area contributed by atoms with E-state index in [0.29, 0.717) is 0 Å². The molecule has 0 bridgehead atoms. The summed E-state index contributed by atoms with van der Waals surface area (Å²) in [6.07, 6.45) is 3.84. The van der Waals surface area contributed by atoms with Gasteiger partial charge in [0.1, 0.15) is 5.82 Å². The molecule has 0 unspecified atom stereocenters. The van der Waals surface area contributed by atoms with E-state index in [4.69, 9.17) is 0 Å². The van der Waals surface area contributed by atoms with Gasteiger partial charge in [-0.2, -0.15) is 0 Å². The van der Waals surface area contributed by atoms with Crippen LogP contribution in [0.3, 0.4) is 0 Å². The third-order valence-electron chi connectivity index (χ3n) is 3.51. The minimum Gasteiger partial charge on any atom is -0.383 e. The highest BCUT2D eigenvalue weighted by Crippen LogP contribution is 2.28. The molecule has 3 nitrogen and oxygen atoms in total. The van der Waals surface area contributed by atoms with Gasteiger partial charge in [-0.05, 0) is 30.7 Å². The molecule has 0 saturated carbocycles. The van der Waals surface area contributed by atoms with Gasteiger partial charge < -0.3 is 9.88 Å². The first-order valence-electron chi connectivity index (χ1n) is 7.29. The minimum absolute atomic E-state index is 0.221. The molecule has 0 radical (unpaired) electrons. The normalized spacial score (nSPS) is 10.6. The highest BCUT2D eigenvalue weighted by atomic mass is 19.1. The number of halogens is 1. The van der Waals surface area contributed by atoms with Gasteiger partial charge in [-0.15, -0.1) is 0 Å². The van der Waals surface area contributed by atoms with Crippen LogP contribution in [0.1, 0.15) is 5.69 Å². The summed E-state index contributed by atoms with van der Waals surface area (Å²) in [7, 11) is 0. The lowest BCUT2D eigenvalue weighted by atomic mass is 10.0. The Kier molecular flexibility index (Phi) is 4.19. The molecule has 0 amide bonds. The summed E-state index contributed by atoms with van der Waals surface area (Å²) in [5.74, 6) is -0.221. The highest BCUT2D eigenvalue weighted by molar-refractivity contribution is 5.77. The molecule has 112 valence electrons. The van der Waals surface area contributed by atoms with E-state index in [9.17, 15) is 4.39 Å². The van der Waals surface area contributed by atoms with Crippen LogP contribution in [-0.2, 0) is 6.54 Å². The number of hydrogen-bond acceptors (Lipinski definition) is 2. The van der Waals surface area contributed by atoms with Crippen LogP contribution in [0.5, 0.6) is 0 Å². The Balaban J connectivity index is 1.74. The number of hydrogen-bond donors (Lipinski definition) is 1. The van der Waals surface area contributed by atoms with E-state index in [1.54, 1.807) is 12.1 Å². The average Bonchev–Trinajstić information content (AvgIpc) is 2.93. The molecule has 0 spiro atoms. The van der Waals surface area contributed by atoms with E-state index in [1.165, 1.54) is 6.07 Å². The van der Waals surface area contributed by atoms with Gasteiger partial charge in [0.15, 0.2) is 0 Å². The van der Waals surface area contributed by atoms with Crippen molar-refractivity contribution in [1.29, 1.82) is 0 Å². The van der Waals surface area contributed by atoms with E-state index in [-0.39, 0.29) is 5.82 Å². The lowest BCUT2D eigenvalue weighted by Crippen LogP contribution is -2.09. The summed E-state index contributed by atoms with van der Waals surface area (Å²) in [5, 5.41) is 3.42. The van der Waals surface area contributed by atoms with Gasteiger partial charge in [-0.25, -0.2) is 9.37 Å². The molecule has 0 aliphatic carbocycles. The van der Waals surface area contributed by atoms with Crippen molar-refractivity contribution in [3.63, 3.8) is 0 Å². The van der Waals surface area contributed by atoms with Crippen LogP contribution >= 0.6 is 0 Å². The van der Waals surface area contributed by atoms with Crippen molar-refractivity contribution in [2.45, 2.75) is 13.5 Å². The molecule has 3 rings (SSSR count). The summed E-state index contributed by atoms with van der Waals surface area (Å²) < 4.78 is 15.5. The second kappa shape index (κ2) is 6.43. The Bertz CT molecular complexity index is 764. The van der Waals surface area contributed by atoms with Gasteiger partial charge in [-0.1, -0.05) is 30.3 Å². The predicted octanol–water partition coefficient (Wildman–Crippen LogP) is 4.11. The van der Waals surface area contributed by atoms with Crippen LogP contribution in [0.25, 0.3) is 11.1 Å². The zero-order chi connectivity index (χ0) is 15.4. The first-order valence-corrected chi connectivity index (χ1v) is 7.29. The topological polar surface area (TPSA) is 29.9 Å². The van der Waals surface area contributed by atoms with Gasteiger partial charge in [0.05, 0.1) is 12.0 Å². The Morgan fingerprint density at radius 1 is 1.14 bits per heavy atom. The van der Waals surface area contributed by atoms with E-state index in [0.717, 1.165) is 35.6 Å². The molecule has 0 saturated heterocycles. The first kappa shape index (κ1) is 14.3. The van der Waals surface area contributed by atoms with Gasteiger partial charge in [0.25, 0.3) is 0 Å². The second-order valence-electron chi connectivity index (χ2n) is 5.24. The van der Waals surface area contributed by atoms with Crippen LogP contribution in [0.2, 0.25) is 0 Å². The van der Waals surface area contributed by atoms with Crippen LogP contribution in [0, 0.1) is 12.7 Å². The third kappa shape index (κ3) is 3.34. The van der Waals surface area contributed by atoms with Crippen molar-refractivity contribution in [3.8, 4) is 11.1 Å². The fourth-order valence-corrected chi connectivity index (χ4v) is 2.46. The Morgan fingerprint density at radius 2 is 2.00 bits per heavy atom. The molecule has 1 heterocycles. The number of rotatable bonds is 5. The number of nitrogens with one attached hydrogen (secondary N) is 1. The smallest absolute Gasteiger partial charge is 0.123 e. The van der Waals surface area contributed by atoms with Crippen molar-refractivity contribution in [2.24, 2.45) is 0 Å². The second-order valence-corrected chi connectivity index (χ2v) is 5.24. The molecular formula is C18H18FN3.